The van der Waals surface area contributed by atoms with Gasteiger partial charge in [-0.25, -0.2) is 0 Å². The van der Waals surface area contributed by atoms with Gasteiger partial charge in [0.1, 0.15) is 48.8 Å². The summed E-state index contributed by atoms with van der Waals surface area (Å²) in [7, 11) is 0. The number of aliphatic hydroxyl groups is 8. The van der Waals surface area contributed by atoms with Gasteiger partial charge in [0.25, 0.3) is 0 Å². The lowest BCUT2D eigenvalue weighted by Crippen LogP contribution is -2.65. The zero-order valence-electron chi connectivity index (χ0n) is 55.2. The second kappa shape index (κ2) is 57.8. The minimum Gasteiger partial charge on any atom is -0.394 e. The van der Waals surface area contributed by atoms with Gasteiger partial charge in [0.05, 0.1) is 32.0 Å². The van der Waals surface area contributed by atoms with Crippen molar-refractivity contribution in [2.75, 3.05) is 19.8 Å². The van der Waals surface area contributed by atoms with Gasteiger partial charge in [0.15, 0.2) is 12.6 Å². The summed E-state index contributed by atoms with van der Waals surface area (Å²) in [5.74, 6) is -0.255. The Labute approximate surface area is 534 Å². The Kier molecular flexibility index (Phi) is 53.2. The van der Waals surface area contributed by atoms with Crippen molar-refractivity contribution in [3.8, 4) is 0 Å². The Morgan fingerprint density at radius 2 is 0.795 bits per heavy atom. The van der Waals surface area contributed by atoms with Crippen LogP contribution in [0.2, 0.25) is 0 Å². The Balaban J connectivity index is 1.70. The predicted octanol–water partition coefficient (Wildman–Crippen LogP) is 14.6. The maximum Gasteiger partial charge on any atom is 0.220 e. The molecule has 0 spiro atoms. The summed E-state index contributed by atoms with van der Waals surface area (Å²) in [5, 5.41) is 87.4. The number of carbonyl (C=O) groups excluding carboxylic acids is 1. The lowest BCUT2D eigenvalue weighted by atomic mass is 9.97. The van der Waals surface area contributed by atoms with Crippen LogP contribution in [0.1, 0.15) is 271 Å². The van der Waals surface area contributed by atoms with Crippen molar-refractivity contribution in [2.45, 2.75) is 344 Å². The molecule has 0 aromatic carbocycles. The van der Waals surface area contributed by atoms with Gasteiger partial charge < -0.3 is 65.1 Å². The molecule has 0 saturated carbocycles. The molecule has 12 unspecified atom stereocenters. The molecule has 88 heavy (non-hydrogen) atoms. The van der Waals surface area contributed by atoms with Crippen LogP contribution >= 0.6 is 0 Å². The van der Waals surface area contributed by atoms with Crippen LogP contribution in [0.5, 0.6) is 0 Å². The van der Waals surface area contributed by atoms with E-state index in [1.807, 2.05) is 6.08 Å². The van der Waals surface area contributed by atoms with Gasteiger partial charge in [-0.05, 0) is 83.5 Å². The van der Waals surface area contributed by atoms with Crippen molar-refractivity contribution in [2.24, 2.45) is 0 Å². The van der Waals surface area contributed by atoms with Crippen molar-refractivity contribution in [3.05, 3.63) is 97.2 Å². The first-order chi connectivity index (χ1) is 43.1. The van der Waals surface area contributed by atoms with E-state index in [1.165, 1.54) is 161 Å². The minimum absolute atomic E-state index is 0.255. The maximum absolute atomic E-state index is 13.3. The van der Waals surface area contributed by atoms with E-state index in [2.05, 4.69) is 104 Å². The number of hydrogen-bond acceptors (Lipinski definition) is 13. The van der Waals surface area contributed by atoms with E-state index in [1.54, 1.807) is 6.08 Å². The van der Waals surface area contributed by atoms with Gasteiger partial charge in [-0.3, -0.25) is 4.79 Å². The largest absolute Gasteiger partial charge is 0.394 e. The van der Waals surface area contributed by atoms with Gasteiger partial charge in [-0.15, -0.1) is 0 Å². The molecule has 2 aliphatic heterocycles. The SMILES string of the molecule is CC/C=C\C/C=C\C/C=C\C/C=C\C/C=C\C/C=C\CCCCCCCCCCCCC(=O)NC(COC1OC(CO)C(OC2OC(CO)C(O)C(O)C2O)C(O)C1O)C(O)/C=C/CC/C=C/CCCCCCCCCCCCCCCCCCCCC. The summed E-state index contributed by atoms with van der Waals surface area (Å²) in [6.07, 6.45) is 64.6. The number of rotatable bonds is 57. The highest BCUT2D eigenvalue weighted by Gasteiger charge is 2.51. The van der Waals surface area contributed by atoms with Gasteiger partial charge in [-0.1, -0.05) is 278 Å². The molecule has 0 aromatic rings. The van der Waals surface area contributed by atoms with Crippen molar-refractivity contribution in [3.63, 3.8) is 0 Å². The summed E-state index contributed by atoms with van der Waals surface area (Å²) >= 11 is 0. The number of hydrogen-bond donors (Lipinski definition) is 9. The smallest absolute Gasteiger partial charge is 0.220 e. The van der Waals surface area contributed by atoms with Crippen molar-refractivity contribution in [1.82, 2.24) is 5.32 Å². The summed E-state index contributed by atoms with van der Waals surface area (Å²) in [5.41, 5.74) is 0. The third-order valence-electron chi connectivity index (χ3n) is 16.8. The maximum atomic E-state index is 13.3. The molecular weight excluding hydrogens is 1110 g/mol. The molecule has 0 bridgehead atoms. The predicted molar refractivity (Wildman–Crippen MR) is 359 cm³/mol. The first-order valence-corrected chi connectivity index (χ1v) is 35.5. The lowest BCUT2D eigenvalue weighted by Gasteiger charge is -2.46. The first-order valence-electron chi connectivity index (χ1n) is 35.5. The summed E-state index contributed by atoms with van der Waals surface area (Å²) in [6.45, 7) is 2.69. The standard InChI is InChI=1S/C74H129NO13/c1-3-5-7-9-11-13-15-17-19-21-23-25-27-29-30-31-32-34-36-38-40-42-44-46-48-50-52-54-56-58-66(79)75-62(61-85-73-71(84)69(82)72(65(60-77)87-73)88-74-70(83)68(81)67(80)64(59-76)86-74)63(78)57-55-53-51-49-47-45-43-41-39-37-35-33-28-26-24-22-20-18-16-14-12-10-8-6-4-2/h5,7,11,13,17,19,23,25,29-30,32,34,47,49,55,57,62-65,67-74,76-78,80-84H,3-4,6,8-10,12,14-16,18,20-22,24,26-28,31,33,35-46,48,50-54,56,58-61H2,1-2H3,(H,75,79)/b7-5-,13-11-,19-17-,25-23-,30-29-,34-32-,49-47+,57-55+. The molecule has 0 aromatic heterocycles. The van der Waals surface area contributed by atoms with Crippen LogP contribution in [-0.4, -0.2) is 140 Å². The molecule has 2 saturated heterocycles. The van der Waals surface area contributed by atoms with E-state index in [0.29, 0.717) is 12.8 Å². The van der Waals surface area contributed by atoms with E-state index in [4.69, 9.17) is 18.9 Å². The Morgan fingerprint density at radius 1 is 0.420 bits per heavy atom. The number of allylic oxidation sites excluding steroid dienone is 15. The molecule has 508 valence electrons. The van der Waals surface area contributed by atoms with Crippen LogP contribution in [0.15, 0.2) is 97.2 Å². The molecule has 14 heteroatoms. The third kappa shape index (κ3) is 41.4. The molecule has 1 amide bonds. The monoisotopic (exact) mass is 1240 g/mol. The number of amides is 1. The Morgan fingerprint density at radius 3 is 1.25 bits per heavy atom. The quantitative estimate of drug-likeness (QED) is 0.0204. The van der Waals surface area contributed by atoms with Crippen LogP contribution in [0.4, 0.5) is 0 Å². The third-order valence-corrected chi connectivity index (χ3v) is 16.8. The first kappa shape index (κ1) is 81.0. The topological polar surface area (TPSA) is 228 Å². The van der Waals surface area contributed by atoms with Crippen LogP contribution in [0.25, 0.3) is 0 Å². The fourth-order valence-electron chi connectivity index (χ4n) is 11.1. The number of nitrogens with one attached hydrogen (secondary N) is 1. The second-order valence-corrected chi connectivity index (χ2v) is 24.6. The van der Waals surface area contributed by atoms with Crippen molar-refractivity contribution < 1.29 is 64.6 Å². The number of ether oxygens (including phenoxy) is 4. The van der Waals surface area contributed by atoms with Crippen molar-refractivity contribution in [1.29, 1.82) is 0 Å². The van der Waals surface area contributed by atoms with E-state index >= 15 is 0 Å². The zero-order chi connectivity index (χ0) is 63.8. The molecule has 2 rings (SSSR count). The number of carbonyl (C=O) groups is 1. The molecule has 2 heterocycles. The second-order valence-electron chi connectivity index (χ2n) is 24.6. The average molecular weight is 1240 g/mol. The van der Waals surface area contributed by atoms with Gasteiger partial charge in [-0.2, -0.15) is 0 Å². The van der Waals surface area contributed by atoms with E-state index < -0.39 is 86.8 Å². The Bertz CT molecular complexity index is 1850. The molecule has 0 radical (unpaired) electrons. The average Bonchev–Trinajstić information content (AvgIpc) is 2.07. The van der Waals surface area contributed by atoms with Crippen molar-refractivity contribution >= 4 is 5.91 Å². The van der Waals surface area contributed by atoms with Crippen LogP contribution in [0, 0.1) is 0 Å². The van der Waals surface area contributed by atoms with E-state index in [-0.39, 0.29) is 18.9 Å². The molecule has 2 fully saturated rings. The zero-order valence-corrected chi connectivity index (χ0v) is 55.2. The molecule has 9 N–H and O–H groups in total. The molecule has 0 aliphatic carbocycles. The van der Waals surface area contributed by atoms with Crippen LogP contribution in [0.3, 0.4) is 0 Å². The number of unbranched alkanes of at least 4 members (excludes halogenated alkanes) is 30. The lowest BCUT2D eigenvalue weighted by molar-refractivity contribution is -0.359. The highest BCUT2D eigenvalue weighted by Crippen LogP contribution is 2.30. The van der Waals surface area contributed by atoms with E-state index in [0.717, 1.165) is 77.0 Å². The highest BCUT2D eigenvalue weighted by molar-refractivity contribution is 5.76. The fourth-order valence-corrected chi connectivity index (χ4v) is 11.1. The summed E-state index contributed by atoms with van der Waals surface area (Å²) in [4.78, 5) is 13.3. The molecule has 12 atom stereocenters. The fraction of sp³-hybridized carbons (Fsp3) is 0.770. The summed E-state index contributed by atoms with van der Waals surface area (Å²) in [6, 6.07) is -0.942. The minimum atomic E-state index is -1.80. The van der Waals surface area contributed by atoms with E-state index in [9.17, 15) is 45.6 Å². The van der Waals surface area contributed by atoms with Gasteiger partial charge in [0, 0.05) is 6.42 Å². The number of aliphatic hydroxyl groups excluding tert-OH is 8. The van der Waals surface area contributed by atoms with Gasteiger partial charge in [0.2, 0.25) is 5.91 Å². The highest BCUT2D eigenvalue weighted by atomic mass is 16.7. The normalized spacial score (nSPS) is 23.8. The molecule has 2 aliphatic rings. The van der Waals surface area contributed by atoms with Crippen LogP contribution < -0.4 is 5.32 Å². The Hall–Kier alpha value is -3.09. The summed E-state index contributed by atoms with van der Waals surface area (Å²) < 4.78 is 22.8. The van der Waals surface area contributed by atoms with Crippen LogP contribution in [-0.2, 0) is 23.7 Å². The molecular formula is C74H129NO13. The van der Waals surface area contributed by atoms with Gasteiger partial charge >= 0.3 is 0 Å². The molecule has 14 nitrogen and oxygen atoms in total.